The fourth-order valence-electron chi connectivity index (χ4n) is 1.11. The number of hydrogen-bond donors (Lipinski definition) is 1. The molecule has 0 saturated carbocycles. The van der Waals surface area contributed by atoms with Gasteiger partial charge in [0.1, 0.15) is 18.2 Å². The van der Waals surface area contributed by atoms with E-state index in [1.165, 1.54) is 6.07 Å². The average molecular weight is 264 g/mol. The van der Waals surface area contributed by atoms with Crippen molar-refractivity contribution < 1.29 is 18.6 Å². The van der Waals surface area contributed by atoms with Crippen molar-refractivity contribution in [2.24, 2.45) is 0 Å². The highest BCUT2D eigenvalue weighted by Gasteiger charge is 2.07. The molecule has 96 valence electrons. The number of anilines is 1. The van der Waals surface area contributed by atoms with Crippen LogP contribution in [0.5, 0.6) is 5.75 Å². The Kier molecular flexibility index (Phi) is 6.04. The lowest BCUT2D eigenvalue weighted by molar-refractivity contribution is 0.0544. The third kappa shape index (κ3) is 4.77. The monoisotopic (exact) mass is 263 g/mol. The molecule has 0 heterocycles. The normalized spacial score (nSPS) is 10.5. The van der Waals surface area contributed by atoms with Gasteiger partial charge in [0.25, 0.3) is 0 Å². The zero-order valence-corrected chi connectivity index (χ0v) is 10.3. The van der Waals surface area contributed by atoms with Gasteiger partial charge in [0.15, 0.2) is 0 Å². The Morgan fingerprint density at radius 1 is 1.24 bits per heavy atom. The van der Waals surface area contributed by atoms with Crippen molar-refractivity contribution in [1.29, 1.82) is 0 Å². The molecule has 0 fully saturated rings. The third-order valence-electron chi connectivity index (χ3n) is 1.97. The molecule has 1 aromatic carbocycles. The van der Waals surface area contributed by atoms with Gasteiger partial charge in [0, 0.05) is 13.2 Å². The van der Waals surface area contributed by atoms with E-state index in [9.17, 15) is 4.39 Å². The molecule has 0 aromatic heterocycles. The summed E-state index contributed by atoms with van der Waals surface area (Å²) >= 11 is 5.78. The van der Waals surface area contributed by atoms with E-state index in [0.717, 1.165) is 6.07 Å². The van der Waals surface area contributed by atoms with Crippen LogP contribution in [0.15, 0.2) is 12.1 Å². The number of ether oxygens (including phenoxy) is 3. The quantitative estimate of drug-likeness (QED) is 0.605. The van der Waals surface area contributed by atoms with E-state index in [0.29, 0.717) is 32.2 Å². The van der Waals surface area contributed by atoms with Crippen molar-refractivity contribution in [1.82, 2.24) is 0 Å². The molecule has 1 aromatic rings. The minimum absolute atomic E-state index is 0.00435. The van der Waals surface area contributed by atoms with E-state index < -0.39 is 5.82 Å². The topological polar surface area (TPSA) is 53.7 Å². The molecule has 17 heavy (non-hydrogen) atoms. The van der Waals surface area contributed by atoms with Crippen molar-refractivity contribution in [2.45, 2.75) is 0 Å². The Balaban J connectivity index is 2.34. The predicted molar refractivity (Wildman–Crippen MR) is 64.0 cm³/mol. The average Bonchev–Trinajstić information content (AvgIpc) is 2.30. The molecule has 2 N–H and O–H groups in total. The van der Waals surface area contributed by atoms with Gasteiger partial charge in [-0.25, -0.2) is 4.39 Å². The van der Waals surface area contributed by atoms with Crippen LogP contribution in [-0.4, -0.2) is 33.5 Å². The summed E-state index contributed by atoms with van der Waals surface area (Å²) in [5.41, 5.74) is 5.40. The second kappa shape index (κ2) is 7.32. The molecular weight excluding hydrogens is 249 g/mol. The van der Waals surface area contributed by atoms with Gasteiger partial charge in [0.05, 0.1) is 30.5 Å². The molecule has 0 atom stereocenters. The fraction of sp³-hybridized carbons (Fsp3) is 0.455. The Bertz CT molecular complexity index is 363. The van der Waals surface area contributed by atoms with Crippen LogP contribution in [0.2, 0.25) is 5.02 Å². The zero-order valence-electron chi connectivity index (χ0n) is 9.54. The van der Waals surface area contributed by atoms with Crippen molar-refractivity contribution in [3.05, 3.63) is 23.0 Å². The van der Waals surface area contributed by atoms with Crippen molar-refractivity contribution in [3.8, 4) is 5.75 Å². The van der Waals surface area contributed by atoms with Crippen LogP contribution in [0.1, 0.15) is 0 Å². The molecule has 0 aliphatic rings. The summed E-state index contributed by atoms with van der Waals surface area (Å²) in [7, 11) is 1.60. The van der Waals surface area contributed by atoms with Gasteiger partial charge < -0.3 is 19.9 Å². The Labute approximate surface area is 104 Å². The van der Waals surface area contributed by atoms with Crippen LogP contribution >= 0.6 is 11.6 Å². The predicted octanol–water partition coefficient (Wildman–Crippen LogP) is 2.10. The second-order valence-electron chi connectivity index (χ2n) is 3.26. The third-order valence-corrected chi connectivity index (χ3v) is 2.26. The lowest BCUT2D eigenvalue weighted by Crippen LogP contribution is -2.10. The molecule has 0 spiro atoms. The summed E-state index contributed by atoms with van der Waals surface area (Å²) in [6, 6.07) is 2.48. The van der Waals surface area contributed by atoms with Gasteiger partial charge in [0.2, 0.25) is 0 Å². The summed E-state index contributed by atoms with van der Waals surface area (Å²) in [6.45, 7) is 1.74. The summed E-state index contributed by atoms with van der Waals surface area (Å²) in [4.78, 5) is 0. The van der Waals surface area contributed by atoms with Crippen LogP contribution in [0.3, 0.4) is 0 Å². The number of nitrogens with two attached hydrogens (primary N) is 1. The summed E-state index contributed by atoms with van der Waals surface area (Å²) < 4.78 is 28.3. The summed E-state index contributed by atoms with van der Waals surface area (Å²) in [5, 5.41) is 0.189. The maximum absolute atomic E-state index is 13.0. The van der Waals surface area contributed by atoms with Gasteiger partial charge in [-0.05, 0) is 6.07 Å². The number of halogens is 2. The maximum Gasteiger partial charge on any atom is 0.147 e. The first-order valence-corrected chi connectivity index (χ1v) is 5.47. The number of methoxy groups -OCH3 is 1. The molecule has 0 bridgehead atoms. The molecular formula is C11H15ClFNO3. The molecule has 6 heteroatoms. The van der Waals surface area contributed by atoms with Gasteiger partial charge >= 0.3 is 0 Å². The van der Waals surface area contributed by atoms with Crippen LogP contribution in [0.4, 0.5) is 10.1 Å². The van der Waals surface area contributed by atoms with Crippen molar-refractivity contribution in [2.75, 3.05) is 39.3 Å². The van der Waals surface area contributed by atoms with E-state index in [2.05, 4.69) is 0 Å². The van der Waals surface area contributed by atoms with Crippen LogP contribution in [-0.2, 0) is 9.47 Å². The van der Waals surface area contributed by atoms with Crippen molar-refractivity contribution >= 4 is 17.3 Å². The van der Waals surface area contributed by atoms with E-state index in [4.69, 9.17) is 31.5 Å². The van der Waals surface area contributed by atoms with E-state index >= 15 is 0 Å². The first kappa shape index (κ1) is 14.0. The molecule has 0 unspecified atom stereocenters. The van der Waals surface area contributed by atoms with E-state index in [1.807, 2.05) is 0 Å². The largest absolute Gasteiger partial charge is 0.490 e. The lowest BCUT2D eigenvalue weighted by Gasteiger charge is -2.09. The highest BCUT2D eigenvalue weighted by Crippen LogP contribution is 2.28. The Morgan fingerprint density at radius 2 is 1.94 bits per heavy atom. The molecule has 0 radical (unpaired) electrons. The molecule has 0 aliphatic carbocycles. The SMILES string of the molecule is COCCOCCOc1cc(N)c(F)cc1Cl. The molecule has 1 rings (SSSR count). The standard InChI is InChI=1S/C11H15ClFNO3/c1-15-2-3-16-4-5-17-11-7-10(14)9(13)6-8(11)12/h6-7H,2-5,14H2,1H3. The second-order valence-corrected chi connectivity index (χ2v) is 3.66. The summed E-state index contributed by atoms with van der Waals surface area (Å²) in [6.07, 6.45) is 0. The minimum atomic E-state index is -0.557. The highest BCUT2D eigenvalue weighted by atomic mass is 35.5. The molecule has 0 saturated heterocycles. The highest BCUT2D eigenvalue weighted by molar-refractivity contribution is 6.32. The van der Waals surface area contributed by atoms with E-state index in [-0.39, 0.29) is 10.7 Å². The first-order valence-electron chi connectivity index (χ1n) is 5.09. The number of benzene rings is 1. The summed E-state index contributed by atoms with van der Waals surface area (Å²) in [5.74, 6) is -0.209. The van der Waals surface area contributed by atoms with Gasteiger partial charge in [-0.15, -0.1) is 0 Å². The minimum Gasteiger partial charge on any atom is -0.490 e. The van der Waals surface area contributed by atoms with Gasteiger partial charge in [-0.3, -0.25) is 0 Å². The molecule has 4 nitrogen and oxygen atoms in total. The molecule has 0 aliphatic heterocycles. The van der Waals surface area contributed by atoms with Crippen LogP contribution in [0, 0.1) is 5.82 Å². The maximum atomic E-state index is 13.0. The van der Waals surface area contributed by atoms with Gasteiger partial charge in [-0.2, -0.15) is 0 Å². The Hall–Kier alpha value is -1.04. The Morgan fingerprint density at radius 3 is 2.65 bits per heavy atom. The smallest absolute Gasteiger partial charge is 0.147 e. The van der Waals surface area contributed by atoms with Gasteiger partial charge in [-0.1, -0.05) is 11.6 Å². The van der Waals surface area contributed by atoms with Crippen LogP contribution in [0.25, 0.3) is 0 Å². The number of nitrogen functional groups attached to an aromatic ring is 1. The number of hydrogen-bond acceptors (Lipinski definition) is 4. The zero-order chi connectivity index (χ0) is 12.7. The lowest BCUT2D eigenvalue weighted by atomic mass is 10.3. The van der Waals surface area contributed by atoms with Crippen LogP contribution < -0.4 is 10.5 Å². The van der Waals surface area contributed by atoms with E-state index in [1.54, 1.807) is 7.11 Å². The fourth-order valence-corrected chi connectivity index (χ4v) is 1.32. The first-order chi connectivity index (χ1) is 8.15. The number of rotatable bonds is 7. The molecule has 0 amide bonds. The van der Waals surface area contributed by atoms with Crippen molar-refractivity contribution in [3.63, 3.8) is 0 Å².